The van der Waals surface area contributed by atoms with Crippen molar-refractivity contribution in [1.29, 1.82) is 0 Å². The van der Waals surface area contributed by atoms with Crippen molar-refractivity contribution in [3.8, 4) is 5.75 Å². The molecule has 1 rings (SSSR count). The van der Waals surface area contributed by atoms with Crippen LogP contribution in [0.15, 0.2) is 12.1 Å². The molecule has 0 spiro atoms. The lowest BCUT2D eigenvalue weighted by atomic mass is 9.98. The molecule has 0 saturated heterocycles. The SMILES string of the molecule is CCCCCC(=O)c1ccc(C)c(C)c1OC. The maximum Gasteiger partial charge on any atom is 0.166 e. The minimum atomic E-state index is 0.193. The third kappa shape index (κ3) is 3.32. The van der Waals surface area contributed by atoms with E-state index in [1.807, 2.05) is 26.0 Å². The largest absolute Gasteiger partial charge is 0.496 e. The van der Waals surface area contributed by atoms with Crippen molar-refractivity contribution in [3.05, 3.63) is 28.8 Å². The second kappa shape index (κ2) is 6.43. The topological polar surface area (TPSA) is 26.3 Å². The monoisotopic (exact) mass is 234 g/mol. The van der Waals surface area contributed by atoms with Gasteiger partial charge in [-0.15, -0.1) is 0 Å². The minimum absolute atomic E-state index is 0.193. The molecular weight excluding hydrogens is 212 g/mol. The van der Waals surface area contributed by atoms with Crippen LogP contribution in [0.5, 0.6) is 5.75 Å². The highest BCUT2D eigenvalue weighted by Crippen LogP contribution is 2.27. The summed E-state index contributed by atoms with van der Waals surface area (Å²) in [6, 6.07) is 3.88. The van der Waals surface area contributed by atoms with Gasteiger partial charge in [-0.2, -0.15) is 0 Å². The van der Waals surface area contributed by atoms with Crippen molar-refractivity contribution in [2.45, 2.75) is 46.5 Å². The number of aryl methyl sites for hydroxylation is 1. The molecule has 0 heterocycles. The van der Waals surface area contributed by atoms with E-state index in [-0.39, 0.29) is 5.78 Å². The van der Waals surface area contributed by atoms with Gasteiger partial charge in [0.1, 0.15) is 5.75 Å². The van der Waals surface area contributed by atoms with Gasteiger partial charge in [0.05, 0.1) is 12.7 Å². The van der Waals surface area contributed by atoms with Crippen LogP contribution in [-0.4, -0.2) is 12.9 Å². The molecule has 2 nitrogen and oxygen atoms in total. The Bertz CT molecular complexity index is 394. The van der Waals surface area contributed by atoms with E-state index in [2.05, 4.69) is 6.92 Å². The lowest BCUT2D eigenvalue weighted by molar-refractivity contribution is 0.0976. The van der Waals surface area contributed by atoms with E-state index in [0.717, 1.165) is 41.7 Å². The molecule has 1 aromatic carbocycles. The van der Waals surface area contributed by atoms with Gasteiger partial charge in [0.15, 0.2) is 5.78 Å². The van der Waals surface area contributed by atoms with Gasteiger partial charge in [0.25, 0.3) is 0 Å². The highest BCUT2D eigenvalue weighted by atomic mass is 16.5. The Hall–Kier alpha value is -1.31. The fraction of sp³-hybridized carbons (Fsp3) is 0.533. The smallest absolute Gasteiger partial charge is 0.166 e. The average molecular weight is 234 g/mol. The Kier molecular flexibility index (Phi) is 5.20. The van der Waals surface area contributed by atoms with Crippen LogP contribution in [0, 0.1) is 13.8 Å². The Morgan fingerprint density at radius 2 is 1.94 bits per heavy atom. The number of methoxy groups -OCH3 is 1. The summed E-state index contributed by atoms with van der Waals surface area (Å²) < 4.78 is 5.36. The molecule has 1 aromatic rings. The maximum absolute atomic E-state index is 12.1. The number of ketones is 1. The normalized spacial score (nSPS) is 10.4. The van der Waals surface area contributed by atoms with Crippen LogP contribution in [-0.2, 0) is 0 Å². The number of benzene rings is 1. The molecule has 0 aliphatic heterocycles. The Morgan fingerprint density at radius 3 is 2.53 bits per heavy atom. The van der Waals surface area contributed by atoms with E-state index in [1.165, 1.54) is 0 Å². The van der Waals surface area contributed by atoms with Gasteiger partial charge in [0.2, 0.25) is 0 Å². The molecule has 0 amide bonds. The van der Waals surface area contributed by atoms with Gasteiger partial charge in [-0.05, 0) is 37.5 Å². The maximum atomic E-state index is 12.1. The molecule has 2 heteroatoms. The van der Waals surface area contributed by atoms with E-state index < -0.39 is 0 Å². The number of unbranched alkanes of at least 4 members (excludes halogenated alkanes) is 2. The summed E-state index contributed by atoms with van der Waals surface area (Å²) in [5.74, 6) is 0.935. The lowest BCUT2D eigenvalue weighted by Crippen LogP contribution is -2.04. The quantitative estimate of drug-likeness (QED) is 0.547. The fourth-order valence-corrected chi connectivity index (χ4v) is 1.94. The Labute approximate surface area is 104 Å². The summed E-state index contributed by atoms with van der Waals surface area (Å²) in [5.41, 5.74) is 2.95. The molecule has 0 N–H and O–H groups in total. The predicted octanol–water partition coefficient (Wildman–Crippen LogP) is 4.08. The molecule has 0 fully saturated rings. The lowest BCUT2D eigenvalue weighted by Gasteiger charge is -2.12. The highest BCUT2D eigenvalue weighted by Gasteiger charge is 2.14. The molecule has 0 radical (unpaired) electrons. The first-order valence-corrected chi connectivity index (χ1v) is 6.29. The number of rotatable bonds is 6. The third-order valence-electron chi connectivity index (χ3n) is 3.19. The van der Waals surface area contributed by atoms with Crippen LogP contribution < -0.4 is 4.74 Å². The standard InChI is InChI=1S/C15H22O2/c1-5-6-7-8-14(16)13-10-9-11(2)12(3)15(13)17-4/h9-10H,5-8H2,1-4H3. The van der Waals surface area contributed by atoms with Crippen LogP contribution in [0.1, 0.15) is 54.1 Å². The molecular formula is C15H22O2. The van der Waals surface area contributed by atoms with E-state index in [1.54, 1.807) is 7.11 Å². The number of carbonyl (C=O) groups excluding carboxylic acids is 1. The number of hydrogen-bond donors (Lipinski definition) is 0. The predicted molar refractivity (Wildman–Crippen MR) is 70.9 cm³/mol. The van der Waals surface area contributed by atoms with Crippen molar-refractivity contribution in [2.75, 3.05) is 7.11 Å². The first-order chi connectivity index (χ1) is 8.11. The van der Waals surface area contributed by atoms with Crippen LogP contribution in [0.4, 0.5) is 0 Å². The van der Waals surface area contributed by atoms with Gasteiger partial charge in [-0.3, -0.25) is 4.79 Å². The molecule has 0 aliphatic carbocycles. The summed E-state index contributed by atoms with van der Waals surface area (Å²) in [5, 5.41) is 0. The molecule has 0 saturated carbocycles. The zero-order chi connectivity index (χ0) is 12.8. The van der Waals surface area contributed by atoms with Gasteiger partial charge in [-0.25, -0.2) is 0 Å². The van der Waals surface area contributed by atoms with E-state index in [0.29, 0.717) is 6.42 Å². The average Bonchev–Trinajstić information content (AvgIpc) is 2.32. The van der Waals surface area contributed by atoms with Gasteiger partial charge in [0, 0.05) is 6.42 Å². The van der Waals surface area contributed by atoms with E-state index >= 15 is 0 Å². The second-order valence-corrected chi connectivity index (χ2v) is 4.47. The number of Topliss-reactive ketones (excluding diaryl/α,β-unsaturated/α-hetero) is 1. The fourth-order valence-electron chi connectivity index (χ4n) is 1.94. The first kappa shape index (κ1) is 13.8. The van der Waals surface area contributed by atoms with Crippen LogP contribution in [0.3, 0.4) is 0 Å². The zero-order valence-electron chi connectivity index (χ0n) is 11.3. The molecule has 0 bridgehead atoms. The van der Waals surface area contributed by atoms with Crippen molar-refractivity contribution in [2.24, 2.45) is 0 Å². The summed E-state index contributed by atoms with van der Waals surface area (Å²) >= 11 is 0. The van der Waals surface area contributed by atoms with Crippen molar-refractivity contribution >= 4 is 5.78 Å². The Morgan fingerprint density at radius 1 is 1.24 bits per heavy atom. The molecule has 17 heavy (non-hydrogen) atoms. The molecule has 0 aliphatic rings. The van der Waals surface area contributed by atoms with Crippen molar-refractivity contribution in [1.82, 2.24) is 0 Å². The van der Waals surface area contributed by atoms with Gasteiger partial charge < -0.3 is 4.74 Å². The zero-order valence-corrected chi connectivity index (χ0v) is 11.3. The molecule has 0 aromatic heterocycles. The van der Waals surface area contributed by atoms with Gasteiger partial charge >= 0.3 is 0 Å². The van der Waals surface area contributed by atoms with Crippen LogP contribution >= 0.6 is 0 Å². The van der Waals surface area contributed by atoms with Crippen molar-refractivity contribution < 1.29 is 9.53 Å². The third-order valence-corrected chi connectivity index (χ3v) is 3.19. The van der Waals surface area contributed by atoms with Crippen LogP contribution in [0.25, 0.3) is 0 Å². The molecule has 0 atom stereocenters. The highest BCUT2D eigenvalue weighted by molar-refractivity contribution is 5.99. The van der Waals surface area contributed by atoms with Crippen molar-refractivity contribution in [3.63, 3.8) is 0 Å². The van der Waals surface area contributed by atoms with E-state index in [9.17, 15) is 4.79 Å². The minimum Gasteiger partial charge on any atom is -0.496 e. The van der Waals surface area contributed by atoms with Gasteiger partial charge in [-0.1, -0.05) is 25.8 Å². The second-order valence-electron chi connectivity index (χ2n) is 4.47. The number of ether oxygens (including phenoxy) is 1. The summed E-state index contributed by atoms with van der Waals surface area (Å²) in [6.45, 7) is 6.17. The van der Waals surface area contributed by atoms with Crippen LogP contribution in [0.2, 0.25) is 0 Å². The number of carbonyl (C=O) groups is 1. The summed E-state index contributed by atoms with van der Waals surface area (Å²) in [6.07, 6.45) is 3.83. The first-order valence-electron chi connectivity index (χ1n) is 6.29. The summed E-state index contributed by atoms with van der Waals surface area (Å²) in [7, 11) is 1.63. The number of hydrogen-bond acceptors (Lipinski definition) is 2. The molecule has 0 unspecified atom stereocenters. The molecule has 94 valence electrons. The summed E-state index contributed by atoms with van der Waals surface area (Å²) in [4.78, 5) is 12.1. The van der Waals surface area contributed by atoms with E-state index in [4.69, 9.17) is 4.74 Å². The Balaban J connectivity index is 2.90.